The lowest BCUT2D eigenvalue weighted by molar-refractivity contribution is 0.579. The zero-order chi connectivity index (χ0) is 14.0. The molecular weight excluding hydrogens is 312 g/mol. The first-order chi connectivity index (χ1) is 9.65. The molecule has 1 fully saturated rings. The molecule has 2 aromatic rings. The zero-order valence-corrected chi connectivity index (χ0v) is 13.3. The van der Waals surface area contributed by atoms with Gasteiger partial charge in [-0.05, 0) is 46.7 Å². The van der Waals surface area contributed by atoms with Crippen LogP contribution in [0.4, 0.5) is 0 Å². The Labute approximate surface area is 126 Å². The minimum Gasteiger partial charge on any atom is -0.309 e. The summed E-state index contributed by atoms with van der Waals surface area (Å²) in [4.78, 5) is 1.29. The van der Waals surface area contributed by atoms with Crippen LogP contribution in [-0.4, -0.2) is 14.5 Å². The highest BCUT2D eigenvalue weighted by Gasteiger charge is 2.23. The third-order valence-corrected chi connectivity index (χ3v) is 6.44. The Hall–Kier alpha value is -0.730. The van der Waals surface area contributed by atoms with Gasteiger partial charge in [0, 0.05) is 24.0 Å². The maximum atomic E-state index is 12.3. The average Bonchev–Trinajstić information content (AvgIpc) is 2.94. The summed E-state index contributed by atoms with van der Waals surface area (Å²) in [6, 6.07) is 4.19. The van der Waals surface area contributed by atoms with Crippen LogP contribution >= 0.6 is 22.7 Å². The molecule has 2 aromatic heterocycles. The first kappa shape index (κ1) is 14.2. The second-order valence-corrected chi connectivity index (χ2v) is 8.34. The molecule has 0 aliphatic heterocycles. The highest BCUT2D eigenvalue weighted by atomic mass is 32.2. The van der Waals surface area contributed by atoms with Crippen LogP contribution in [0.15, 0.2) is 33.2 Å². The van der Waals surface area contributed by atoms with E-state index < -0.39 is 10.0 Å². The molecule has 7 heteroatoms. The van der Waals surface area contributed by atoms with Gasteiger partial charge >= 0.3 is 0 Å². The fourth-order valence-corrected chi connectivity index (χ4v) is 4.95. The van der Waals surface area contributed by atoms with Gasteiger partial charge in [0.05, 0.1) is 4.90 Å². The summed E-state index contributed by atoms with van der Waals surface area (Å²) in [5.74, 6) is 0. The standard InChI is InChI=1S/C13H16N2O2S3/c16-20(17,15-7-10-3-5-18-9-10)13-4-6-19-12(13)8-14-11-1-2-11/h3-6,9,11,14-15H,1-2,7-8H2. The first-order valence-electron chi connectivity index (χ1n) is 6.45. The molecule has 0 amide bonds. The van der Waals surface area contributed by atoms with Gasteiger partial charge in [0.1, 0.15) is 0 Å². The molecular formula is C13H16N2O2S3. The van der Waals surface area contributed by atoms with Crippen molar-refractivity contribution < 1.29 is 8.42 Å². The second-order valence-electron chi connectivity index (χ2n) is 4.82. The summed E-state index contributed by atoms with van der Waals surface area (Å²) in [6.45, 7) is 0.980. The van der Waals surface area contributed by atoms with Gasteiger partial charge in [0.2, 0.25) is 10.0 Å². The molecule has 0 unspecified atom stereocenters. The maximum Gasteiger partial charge on any atom is 0.242 e. The predicted molar refractivity (Wildman–Crippen MR) is 82.5 cm³/mol. The van der Waals surface area contributed by atoms with Crippen molar-refractivity contribution in [3.05, 3.63) is 38.7 Å². The van der Waals surface area contributed by atoms with Crippen LogP contribution in [0.3, 0.4) is 0 Å². The van der Waals surface area contributed by atoms with Gasteiger partial charge in [0.25, 0.3) is 0 Å². The number of nitrogens with one attached hydrogen (secondary N) is 2. The Morgan fingerprint density at radius 2 is 2.05 bits per heavy atom. The van der Waals surface area contributed by atoms with Crippen molar-refractivity contribution in [1.82, 2.24) is 10.0 Å². The van der Waals surface area contributed by atoms with E-state index in [-0.39, 0.29) is 0 Å². The zero-order valence-electron chi connectivity index (χ0n) is 10.8. The maximum absolute atomic E-state index is 12.3. The van der Waals surface area contributed by atoms with Gasteiger partial charge in [-0.15, -0.1) is 11.3 Å². The van der Waals surface area contributed by atoms with Gasteiger partial charge in [-0.25, -0.2) is 13.1 Å². The SMILES string of the molecule is O=S(=O)(NCc1ccsc1)c1ccsc1CNC1CC1. The third kappa shape index (κ3) is 3.48. The topological polar surface area (TPSA) is 58.2 Å². The highest BCUT2D eigenvalue weighted by Crippen LogP contribution is 2.25. The summed E-state index contributed by atoms with van der Waals surface area (Å²) in [5.41, 5.74) is 0.992. The number of rotatable bonds is 7. The lowest BCUT2D eigenvalue weighted by Crippen LogP contribution is -2.24. The van der Waals surface area contributed by atoms with Crippen molar-refractivity contribution in [2.75, 3.05) is 0 Å². The van der Waals surface area contributed by atoms with Gasteiger partial charge < -0.3 is 5.32 Å². The van der Waals surface area contributed by atoms with Crippen LogP contribution in [0, 0.1) is 0 Å². The van der Waals surface area contributed by atoms with Gasteiger partial charge in [-0.3, -0.25) is 0 Å². The molecule has 0 atom stereocenters. The van der Waals surface area contributed by atoms with Gasteiger partial charge in [0.15, 0.2) is 0 Å². The van der Waals surface area contributed by atoms with E-state index in [2.05, 4.69) is 10.0 Å². The molecule has 108 valence electrons. The molecule has 20 heavy (non-hydrogen) atoms. The second kappa shape index (κ2) is 5.95. The summed E-state index contributed by atoms with van der Waals surface area (Å²) >= 11 is 3.06. The number of hydrogen-bond donors (Lipinski definition) is 2. The molecule has 1 aliphatic carbocycles. The minimum atomic E-state index is -3.43. The van der Waals surface area contributed by atoms with Crippen LogP contribution in [-0.2, 0) is 23.1 Å². The number of thiophene rings is 2. The molecule has 0 spiro atoms. The number of sulfonamides is 1. The molecule has 0 aromatic carbocycles. The van der Waals surface area contributed by atoms with E-state index in [0.717, 1.165) is 10.4 Å². The Balaban J connectivity index is 1.68. The van der Waals surface area contributed by atoms with E-state index in [0.29, 0.717) is 24.0 Å². The fourth-order valence-electron chi connectivity index (χ4n) is 1.87. The van der Waals surface area contributed by atoms with Crippen LogP contribution < -0.4 is 10.0 Å². The first-order valence-corrected chi connectivity index (χ1v) is 9.76. The van der Waals surface area contributed by atoms with E-state index in [4.69, 9.17) is 0 Å². The Bertz CT molecular complexity index is 658. The Kier molecular flexibility index (Phi) is 4.23. The lowest BCUT2D eigenvalue weighted by Gasteiger charge is -2.07. The van der Waals surface area contributed by atoms with E-state index in [1.54, 1.807) is 17.4 Å². The van der Waals surface area contributed by atoms with Crippen LogP contribution in [0.5, 0.6) is 0 Å². The molecule has 4 nitrogen and oxygen atoms in total. The molecule has 2 heterocycles. The quantitative estimate of drug-likeness (QED) is 0.821. The number of hydrogen-bond acceptors (Lipinski definition) is 5. The monoisotopic (exact) mass is 328 g/mol. The van der Waals surface area contributed by atoms with Crippen LogP contribution in [0.1, 0.15) is 23.3 Å². The van der Waals surface area contributed by atoms with Crippen molar-refractivity contribution in [3.63, 3.8) is 0 Å². The minimum absolute atomic E-state index is 0.344. The summed E-state index contributed by atoms with van der Waals surface area (Å²) < 4.78 is 27.3. The summed E-state index contributed by atoms with van der Waals surface area (Å²) in [7, 11) is -3.43. The van der Waals surface area contributed by atoms with Crippen LogP contribution in [0.25, 0.3) is 0 Å². The van der Waals surface area contributed by atoms with Crippen molar-refractivity contribution in [1.29, 1.82) is 0 Å². The van der Waals surface area contributed by atoms with Crippen molar-refractivity contribution in [2.45, 2.75) is 36.9 Å². The smallest absolute Gasteiger partial charge is 0.242 e. The molecule has 0 saturated heterocycles. The Morgan fingerprint density at radius 3 is 2.75 bits per heavy atom. The van der Waals surface area contributed by atoms with Gasteiger partial charge in [-0.2, -0.15) is 11.3 Å². The van der Waals surface area contributed by atoms with E-state index in [1.165, 1.54) is 24.2 Å². The van der Waals surface area contributed by atoms with E-state index in [9.17, 15) is 8.42 Å². The molecule has 3 rings (SSSR count). The van der Waals surface area contributed by atoms with E-state index >= 15 is 0 Å². The molecule has 0 bridgehead atoms. The molecule has 1 saturated carbocycles. The molecule has 0 radical (unpaired) electrons. The fraction of sp³-hybridized carbons (Fsp3) is 0.385. The normalized spacial score (nSPS) is 15.6. The Morgan fingerprint density at radius 1 is 1.20 bits per heavy atom. The highest BCUT2D eigenvalue weighted by molar-refractivity contribution is 7.89. The van der Waals surface area contributed by atoms with Crippen molar-refractivity contribution in [3.8, 4) is 0 Å². The van der Waals surface area contributed by atoms with Crippen LogP contribution in [0.2, 0.25) is 0 Å². The van der Waals surface area contributed by atoms with Crippen molar-refractivity contribution >= 4 is 32.7 Å². The molecule has 2 N–H and O–H groups in total. The third-order valence-electron chi connectivity index (χ3n) is 3.17. The summed E-state index contributed by atoms with van der Waals surface area (Å²) in [5, 5.41) is 9.09. The average molecular weight is 328 g/mol. The molecule has 1 aliphatic rings. The van der Waals surface area contributed by atoms with Crippen molar-refractivity contribution in [2.24, 2.45) is 0 Å². The largest absolute Gasteiger partial charge is 0.309 e. The summed E-state index contributed by atoms with van der Waals surface area (Å²) in [6.07, 6.45) is 2.40. The van der Waals surface area contributed by atoms with Gasteiger partial charge in [-0.1, -0.05) is 0 Å². The van der Waals surface area contributed by atoms with E-state index in [1.807, 2.05) is 22.2 Å². The predicted octanol–water partition coefficient (Wildman–Crippen LogP) is 2.54. The lowest BCUT2D eigenvalue weighted by atomic mass is 10.4.